The van der Waals surface area contributed by atoms with Gasteiger partial charge in [-0.25, -0.2) is 9.50 Å². The molecular weight excluding hydrogens is 369 g/mol. The first-order valence-electron chi connectivity index (χ1n) is 8.03. The van der Waals surface area contributed by atoms with Crippen LogP contribution in [0.1, 0.15) is 12.8 Å². The van der Waals surface area contributed by atoms with Crippen molar-refractivity contribution < 1.29 is 22.6 Å². The van der Waals surface area contributed by atoms with E-state index in [1.807, 2.05) is 0 Å². The molecule has 1 fully saturated rings. The molecule has 10 heteroatoms. The number of hydrogen-bond donors (Lipinski definition) is 1. The lowest BCUT2D eigenvalue weighted by Gasteiger charge is -2.22. The van der Waals surface area contributed by atoms with Gasteiger partial charge in [-0.1, -0.05) is 23.5 Å². The number of nitrogens with zero attached hydrogens (tertiary/aromatic N) is 3. The minimum Gasteiger partial charge on any atom is -0.406 e. The van der Waals surface area contributed by atoms with Crippen LogP contribution < -0.4 is 10.1 Å². The molecule has 1 N–H and O–H groups in total. The SMILES string of the molecule is FC(F)(F)Oc1cccc(-c2cnc3sc(NC4CCOCC4)nn23)c1. The second-order valence-electron chi connectivity index (χ2n) is 5.85. The minimum atomic E-state index is -4.73. The van der Waals surface area contributed by atoms with Crippen molar-refractivity contribution in [1.82, 2.24) is 14.6 Å². The summed E-state index contributed by atoms with van der Waals surface area (Å²) in [7, 11) is 0. The van der Waals surface area contributed by atoms with E-state index in [1.54, 1.807) is 16.8 Å². The molecule has 0 amide bonds. The molecule has 0 aliphatic carbocycles. The first-order valence-corrected chi connectivity index (χ1v) is 8.85. The van der Waals surface area contributed by atoms with E-state index in [0.717, 1.165) is 31.2 Å². The normalized spacial score (nSPS) is 16.1. The van der Waals surface area contributed by atoms with Crippen molar-refractivity contribution in [2.75, 3.05) is 18.5 Å². The zero-order valence-corrected chi connectivity index (χ0v) is 14.3. The van der Waals surface area contributed by atoms with Crippen LogP contribution in [0, 0.1) is 0 Å². The highest BCUT2D eigenvalue weighted by Crippen LogP contribution is 2.30. The largest absolute Gasteiger partial charge is 0.573 e. The van der Waals surface area contributed by atoms with Crippen LogP contribution in [0.15, 0.2) is 30.5 Å². The number of fused-ring (bicyclic) bond motifs is 1. The maximum Gasteiger partial charge on any atom is 0.573 e. The van der Waals surface area contributed by atoms with Gasteiger partial charge in [0.25, 0.3) is 0 Å². The molecule has 3 aromatic rings. The number of rotatable bonds is 4. The number of nitrogens with one attached hydrogen (secondary N) is 1. The highest BCUT2D eigenvalue weighted by Gasteiger charge is 2.31. The molecule has 26 heavy (non-hydrogen) atoms. The van der Waals surface area contributed by atoms with Crippen LogP contribution in [0.5, 0.6) is 5.75 Å². The topological polar surface area (TPSA) is 60.7 Å². The van der Waals surface area contributed by atoms with Crippen molar-refractivity contribution in [3.63, 3.8) is 0 Å². The molecule has 1 aromatic carbocycles. The van der Waals surface area contributed by atoms with Gasteiger partial charge < -0.3 is 14.8 Å². The van der Waals surface area contributed by atoms with Crippen LogP contribution in [0.3, 0.4) is 0 Å². The summed E-state index contributed by atoms with van der Waals surface area (Å²) in [6.07, 6.45) is -1.33. The summed E-state index contributed by atoms with van der Waals surface area (Å²) in [5.41, 5.74) is 1.14. The fourth-order valence-electron chi connectivity index (χ4n) is 2.82. The summed E-state index contributed by atoms with van der Waals surface area (Å²) in [5, 5.41) is 8.60. The monoisotopic (exact) mass is 384 g/mol. The number of alkyl halides is 3. The van der Waals surface area contributed by atoms with E-state index in [4.69, 9.17) is 4.74 Å². The quantitative estimate of drug-likeness (QED) is 0.738. The summed E-state index contributed by atoms with van der Waals surface area (Å²) in [5.74, 6) is -0.277. The lowest BCUT2D eigenvalue weighted by Crippen LogP contribution is -2.27. The molecule has 1 aliphatic heterocycles. The molecular formula is C16H15F3N4O2S. The van der Waals surface area contributed by atoms with E-state index >= 15 is 0 Å². The Morgan fingerprint density at radius 2 is 2.08 bits per heavy atom. The first kappa shape index (κ1) is 17.1. The number of halogens is 3. The summed E-state index contributed by atoms with van der Waals surface area (Å²) >= 11 is 1.40. The number of ether oxygens (including phenoxy) is 2. The van der Waals surface area contributed by atoms with E-state index in [2.05, 4.69) is 20.1 Å². The van der Waals surface area contributed by atoms with E-state index in [1.165, 1.54) is 29.5 Å². The predicted octanol–water partition coefficient (Wildman–Crippen LogP) is 3.95. The van der Waals surface area contributed by atoms with Gasteiger partial charge in [0.1, 0.15) is 5.75 Å². The third-order valence-electron chi connectivity index (χ3n) is 4.00. The molecule has 0 unspecified atom stereocenters. The Morgan fingerprint density at radius 3 is 2.85 bits per heavy atom. The average molecular weight is 384 g/mol. The lowest BCUT2D eigenvalue weighted by molar-refractivity contribution is -0.274. The molecule has 0 radical (unpaired) electrons. The Morgan fingerprint density at radius 1 is 1.27 bits per heavy atom. The van der Waals surface area contributed by atoms with Crippen LogP contribution in [-0.4, -0.2) is 40.2 Å². The predicted molar refractivity (Wildman–Crippen MR) is 90.4 cm³/mol. The summed E-state index contributed by atoms with van der Waals surface area (Å²) in [6, 6.07) is 6.07. The third-order valence-corrected chi connectivity index (χ3v) is 4.85. The molecule has 2 aromatic heterocycles. The fourth-order valence-corrected chi connectivity index (χ4v) is 3.67. The van der Waals surface area contributed by atoms with Crippen LogP contribution in [-0.2, 0) is 4.74 Å². The van der Waals surface area contributed by atoms with Crippen LogP contribution in [0.2, 0.25) is 0 Å². The molecule has 0 saturated carbocycles. The third kappa shape index (κ3) is 3.75. The van der Waals surface area contributed by atoms with Gasteiger partial charge in [0, 0.05) is 24.8 Å². The summed E-state index contributed by atoms with van der Waals surface area (Å²) in [6.45, 7) is 1.44. The van der Waals surface area contributed by atoms with Crippen molar-refractivity contribution in [2.45, 2.75) is 25.2 Å². The molecule has 138 valence electrons. The highest BCUT2D eigenvalue weighted by molar-refractivity contribution is 7.20. The maximum absolute atomic E-state index is 12.4. The second kappa shape index (κ2) is 6.76. The Hall–Kier alpha value is -2.33. The van der Waals surface area contributed by atoms with Gasteiger partial charge in [-0.15, -0.1) is 18.3 Å². The standard InChI is InChI=1S/C16H15F3N4O2S/c17-16(18,19)25-12-3-1-2-10(8-12)13-9-20-15-23(13)22-14(26-15)21-11-4-6-24-7-5-11/h1-3,8-9,11H,4-7H2,(H,21,22). The van der Waals surface area contributed by atoms with Crippen molar-refractivity contribution >= 4 is 21.4 Å². The number of benzene rings is 1. The Kier molecular flexibility index (Phi) is 4.45. The van der Waals surface area contributed by atoms with Gasteiger partial charge in [-0.3, -0.25) is 0 Å². The van der Waals surface area contributed by atoms with Crippen LogP contribution in [0.25, 0.3) is 16.2 Å². The van der Waals surface area contributed by atoms with Gasteiger partial charge in [0.2, 0.25) is 10.1 Å². The number of aromatic nitrogens is 3. The van der Waals surface area contributed by atoms with E-state index in [9.17, 15) is 13.2 Å². The zero-order valence-electron chi connectivity index (χ0n) is 13.5. The average Bonchev–Trinajstić information content (AvgIpc) is 3.14. The van der Waals surface area contributed by atoms with Gasteiger partial charge in [-0.2, -0.15) is 0 Å². The molecule has 6 nitrogen and oxygen atoms in total. The van der Waals surface area contributed by atoms with Crippen molar-refractivity contribution in [3.05, 3.63) is 30.5 Å². The molecule has 4 rings (SSSR count). The highest BCUT2D eigenvalue weighted by atomic mass is 32.1. The van der Waals surface area contributed by atoms with E-state index in [-0.39, 0.29) is 5.75 Å². The number of imidazole rings is 1. The Labute approximate surface area is 150 Å². The van der Waals surface area contributed by atoms with Gasteiger partial charge in [0.05, 0.1) is 11.9 Å². The van der Waals surface area contributed by atoms with E-state index in [0.29, 0.717) is 22.3 Å². The summed E-state index contributed by atoms with van der Waals surface area (Å²) < 4.78 is 48.2. The van der Waals surface area contributed by atoms with E-state index < -0.39 is 6.36 Å². The maximum atomic E-state index is 12.4. The zero-order chi connectivity index (χ0) is 18.1. The van der Waals surface area contributed by atoms with Crippen molar-refractivity contribution in [2.24, 2.45) is 0 Å². The van der Waals surface area contributed by atoms with Crippen molar-refractivity contribution in [1.29, 1.82) is 0 Å². The van der Waals surface area contributed by atoms with Crippen LogP contribution >= 0.6 is 11.3 Å². The molecule has 0 bridgehead atoms. The minimum absolute atomic E-state index is 0.277. The lowest BCUT2D eigenvalue weighted by atomic mass is 10.1. The Bertz CT molecular complexity index is 902. The Balaban J connectivity index is 1.59. The first-order chi connectivity index (χ1) is 12.5. The molecule has 3 heterocycles. The van der Waals surface area contributed by atoms with Crippen molar-refractivity contribution in [3.8, 4) is 17.0 Å². The van der Waals surface area contributed by atoms with Crippen LogP contribution in [0.4, 0.5) is 18.3 Å². The second-order valence-corrected chi connectivity index (χ2v) is 6.81. The number of anilines is 1. The number of hydrogen-bond acceptors (Lipinski definition) is 6. The van der Waals surface area contributed by atoms with Gasteiger partial charge in [0.15, 0.2) is 0 Å². The summed E-state index contributed by atoms with van der Waals surface area (Å²) in [4.78, 5) is 4.97. The van der Waals surface area contributed by atoms with Gasteiger partial charge in [-0.05, 0) is 25.0 Å². The fraction of sp³-hybridized carbons (Fsp3) is 0.375. The smallest absolute Gasteiger partial charge is 0.406 e. The molecule has 0 spiro atoms. The van der Waals surface area contributed by atoms with Gasteiger partial charge >= 0.3 is 6.36 Å². The molecule has 1 saturated heterocycles. The molecule has 1 aliphatic rings. The molecule has 0 atom stereocenters.